The fraction of sp³-hybridized carbons (Fsp3) is 0.500. The molecule has 0 bridgehead atoms. The Morgan fingerprint density at radius 3 is 2.30 bits per heavy atom. The van der Waals surface area contributed by atoms with E-state index in [4.69, 9.17) is 0 Å². The summed E-state index contributed by atoms with van der Waals surface area (Å²) < 4.78 is 0. The smallest absolute Gasteiger partial charge is 0.235 e. The fourth-order valence-electron chi connectivity index (χ4n) is 2.56. The van der Waals surface area contributed by atoms with Crippen LogP contribution in [0.2, 0.25) is 0 Å². The number of imide groups is 1. The van der Waals surface area contributed by atoms with Crippen molar-refractivity contribution in [3.8, 4) is 0 Å². The first kappa shape index (κ1) is 14.7. The van der Waals surface area contributed by atoms with Crippen LogP contribution in [0.5, 0.6) is 0 Å². The van der Waals surface area contributed by atoms with E-state index < -0.39 is 5.41 Å². The molecule has 0 saturated carbocycles. The number of carbonyl (C=O) groups excluding carboxylic acids is 2. The standard InChI is InChI=1S/C16H22N2O2/c1-11-5-7-12(8-6-11)13(17-4)10-18-14(19)9-16(2,3)15(18)20/h5-8,13,17H,9-10H2,1-4H3. The van der Waals surface area contributed by atoms with E-state index in [1.165, 1.54) is 10.5 Å². The molecule has 20 heavy (non-hydrogen) atoms. The van der Waals surface area contributed by atoms with Crippen molar-refractivity contribution < 1.29 is 9.59 Å². The number of hydrogen-bond donors (Lipinski definition) is 1. The molecule has 1 aromatic carbocycles. The molecule has 4 heteroatoms. The van der Waals surface area contributed by atoms with Crippen molar-refractivity contribution >= 4 is 11.8 Å². The van der Waals surface area contributed by atoms with Crippen molar-refractivity contribution in [2.45, 2.75) is 33.2 Å². The molecule has 1 N–H and O–H groups in total. The van der Waals surface area contributed by atoms with Crippen LogP contribution in [0.1, 0.15) is 37.4 Å². The van der Waals surface area contributed by atoms with Crippen LogP contribution in [0, 0.1) is 12.3 Å². The van der Waals surface area contributed by atoms with Crippen molar-refractivity contribution in [3.05, 3.63) is 35.4 Å². The second-order valence-corrected chi connectivity index (χ2v) is 6.12. The Kier molecular flexibility index (Phi) is 3.95. The minimum atomic E-state index is -0.567. The lowest BCUT2D eigenvalue weighted by Crippen LogP contribution is -2.39. The molecule has 0 aliphatic carbocycles. The Hall–Kier alpha value is -1.68. The Morgan fingerprint density at radius 1 is 1.25 bits per heavy atom. The molecular formula is C16H22N2O2. The highest BCUT2D eigenvalue weighted by Crippen LogP contribution is 2.32. The van der Waals surface area contributed by atoms with Crippen LogP contribution < -0.4 is 5.32 Å². The van der Waals surface area contributed by atoms with Crippen molar-refractivity contribution in [1.82, 2.24) is 10.2 Å². The molecule has 1 saturated heterocycles. The summed E-state index contributed by atoms with van der Waals surface area (Å²) in [4.78, 5) is 25.7. The van der Waals surface area contributed by atoms with Crippen molar-refractivity contribution in [2.24, 2.45) is 5.41 Å². The first-order chi connectivity index (χ1) is 9.35. The molecule has 4 nitrogen and oxygen atoms in total. The monoisotopic (exact) mass is 274 g/mol. The molecule has 2 amide bonds. The summed E-state index contributed by atoms with van der Waals surface area (Å²) in [7, 11) is 1.85. The number of aryl methyl sites for hydroxylation is 1. The van der Waals surface area contributed by atoms with Gasteiger partial charge in [-0.2, -0.15) is 0 Å². The van der Waals surface area contributed by atoms with Gasteiger partial charge >= 0.3 is 0 Å². The van der Waals surface area contributed by atoms with Crippen molar-refractivity contribution in [2.75, 3.05) is 13.6 Å². The zero-order valence-electron chi connectivity index (χ0n) is 12.6. The van der Waals surface area contributed by atoms with Crippen LogP contribution in [0.25, 0.3) is 0 Å². The highest BCUT2D eigenvalue weighted by Gasteiger charge is 2.45. The zero-order valence-corrected chi connectivity index (χ0v) is 12.6. The lowest BCUT2D eigenvalue weighted by molar-refractivity contribution is -0.141. The molecular weight excluding hydrogens is 252 g/mol. The summed E-state index contributed by atoms with van der Waals surface area (Å²) in [6, 6.07) is 8.12. The van der Waals surface area contributed by atoms with Gasteiger partial charge in [-0.05, 0) is 19.5 Å². The van der Waals surface area contributed by atoms with E-state index in [1.807, 2.05) is 52.1 Å². The number of carbonyl (C=O) groups is 2. The summed E-state index contributed by atoms with van der Waals surface area (Å²) in [5, 5.41) is 3.19. The van der Waals surface area contributed by atoms with Crippen LogP contribution in [-0.2, 0) is 9.59 Å². The quantitative estimate of drug-likeness (QED) is 0.855. The van der Waals surface area contributed by atoms with E-state index in [-0.39, 0.29) is 17.9 Å². The second-order valence-electron chi connectivity index (χ2n) is 6.12. The summed E-state index contributed by atoms with van der Waals surface area (Å²) in [6.45, 7) is 6.08. The van der Waals surface area contributed by atoms with E-state index in [0.717, 1.165) is 5.56 Å². The molecule has 1 fully saturated rings. The van der Waals surface area contributed by atoms with E-state index in [2.05, 4.69) is 5.32 Å². The number of amides is 2. The number of nitrogens with zero attached hydrogens (tertiary/aromatic N) is 1. The van der Waals surface area contributed by atoms with Gasteiger partial charge in [-0.1, -0.05) is 43.7 Å². The first-order valence-corrected chi connectivity index (χ1v) is 6.94. The molecule has 1 heterocycles. The van der Waals surface area contributed by atoms with Gasteiger partial charge in [0.15, 0.2) is 0 Å². The van der Waals surface area contributed by atoms with E-state index in [9.17, 15) is 9.59 Å². The third-order valence-corrected chi connectivity index (χ3v) is 3.91. The maximum Gasteiger partial charge on any atom is 0.235 e. The van der Waals surface area contributed by atoms with Gasteiger partial charge in [0.1, 0.15) is 0 Å². The zero-order chi connectivity index (χ0) is 14.9. The second kappa shape index (κ2) is 5.37. The number of rotatable bonds is 4. The van der Waals surface area contributed by atoms with Crippen LogP contribution in [-0.4, -0.2) is 30.3 Å². The van der Waals surface area contributed by atoms with Gasteiger partial charge in [-0.3, -0.25) is 14.5 Å². The minimum Gasteiger partial charge on any atom is -0.312 e. The van der Waals surface area contributed by atoms with Crippen molar-refractivity contribution in [1.29, 1.82) is 0 Å². The average molecular weight is 274 g/mol. The average Bonchev–Trinajstić information content (AvgIpc) is 2.58. The van der Waals surface area contributed by atoms with Crippen LogP contribution in [0.15, 0.2) is 24.3 Å². The first-order valence-electron chi connectivity index (χ1n) is 6.94. The SMILES string of the molecule is CNC(CN1C(=O)CC(C)(C)C1=O)c1ccc(C)cc1. The maximum atomic E-state index is 12.3. The summed E-state index contributed by atoms with van der Waals surface area (Å²) in [6.07, 6.45) is 0.302. The number of likely N-dealkylation sites (tertiary alicyclic amines) is 1. The normalized spacial score (nSPS) is 19.5. The molecule has 1 unspecified atom stereocenters. The van der Waals surface area contributed by atoms with Crippen LogP contribution in [0.4, 0.5) is 0 Å². The van der Waals surface area contributed by atoms with Gasteiger partial charge < -0.3 is 5.32 Å². The summed E-state index contributed by atoms with van der Waals surface area (Å²) >= 11 is 0. The predicted molar refractivity (Wildman–Crippen MR) is 78.1 cm³/mol. The highest BCUT2D eigenvalue weighted by molar-refractivity contribution is 6.05. The lowest BCUT2D eigenvalue weighted by atomic mass is 9.92. The molecule has 0 aromatic heterocycles. The van der Waals surface area contributed by atoms with Gasteiger partial charge in [0.05, 0.1) is 11.5 Å². The van der Waals surface area contributed by atoms with Gasteiger partial charge in [0, 0.05) is 13.0 Å². The molecule has 2 rings (SSSR count). The lowest BCUT2D eigenvalue weighted by Gasteiger charge is -2.24. The molecule has 108 valence electrons. The van der Waals surface area contributed by atoms with E-state index in [0.29, 0.717) is 13.0 Å². The topological polar surface area (TPSA) is 49.4 Å². The largest absolute Gasteiger partial charge is 0.312 e. The molecule has 1 aliphatic heterocycles. The summed E-state index contributed by atoms with van der Waals surface area (Å²) in [5.74, 6) is -0.151. The Labute approximate surface area is 120 Å². The van der Waals surface area contributed by atoms with Gasteiger partial charge in [-0.15, -0.1) is 0 Å². The highest BCUT2D eigenvalue weighted by atomic mass is 16.2. The minimum absolute atomic E-state index is 0.0302. The number of hydrogen-bond acceptors (Lipinski definition) is 3. The Morgan fingerprint density at radius 2 is 1.85 bits per heavy atom. The summed E-state index contributed by atoms with van der Waals surface area (Å²) in [5.41, 5.74) is 1.71. The third-order valence-electron chi connectivity index (χ3n) is 3.91. The fourth-order valence-corrected chi connectivity index (χ4v) is 2.56. The van der Waals surface area contributed by atoms with Gasteiger partial charge in [0.2, 0.25) is 11.8 Å². The Bertz CT molecular complexity index is 520. The number of nitrogens with one attached hydrogen (secondary N) is 1. The molecule has 0 spiro atoms. The molecule has 1 aliphatic rings. The van der Waals surface area contributed by atoms with Crippen molar-refractivity contribution in [3.63, 3.8) is 0 Å². The van der Waals surface area contributed by atoms with E-state index in [1.54, 1.807) is 0 Å². The van der Waals surface area contributed by atoms with E-state index >= 15 is 0 Å². The molecule has 1 aromatic rings. The maximum absolute atomic E-state index is 12.3. The van der Waals surface area contributed by atoms with Crippen LogP contribution in [0.3, 0.4) is 0 Å². The van der Waals surface area contributed by atoms with Gasteiger partial charge in [0.25, 0.3) is 0 Å². The molecule has 1 atom stereocenters. The third kappa shape index (κ3) is 2.75. The molecule has 0 radical (unpaired) electrons. The number of likely N-dealkylation sites (N-methyl/N-ethyl adjacent to an activating group) is 1. The predicted octanol–water partition coefficient (Wildman–Crippen LogP) is 2.04. The van der Waals surface area contributed by atoms with Crippen LogP contribution >= 0.6 is 0 Å². The van der Waals surface area contributed by atoms with Gasteiger partial charge in [-0.25, -0.2) is 0 Å². The number of benzene rings is 1. The Balaban J connectivity index is 2.17.